The lowest BCUT2D eigenvalue weighted by atomic mass is 10.1. The van der Waals surface area contributed by atoms with E-state index in [1.54, 1.807) is 0 Å². The first-order valence-corrected chi connectivity index (χ1v) is 3.82. The van der Waals surface area contributed by atoms with Crippen molar-refractivity contribution in [3.63, 3.8) is 0 Å². The van der Waals surface area contributed by atoms with Gasteiger partial charge in [0.25, 0.3) is 0 Å². The lowest BCUT2D eigenvalue weighted by Crippen LogP contribution is -1.95. The highest BCUT2D eigenvalue weighted by Crippen LogP contribution is 2.26. The molecule has 0 radical (unpaired) electrons. The first-order chi connectivity index (χ1) is 5.54. The van der Waals surface area contributed by atoms with Gasteiger partial charge in [-0.05, 0) is 19.1 Å². The summed E-state index contributed by atoms with van der Waals surface area (Å²) in [6, 6.07) is 2.08. The molecule has 0 aliphatic rings. The molecule has 1 atom stereocenters. The summed E-state index contributed by atoms with van der Waals surface area (Å²) in [7, 11) is 0. The SMILES string of the molecule is Cc1c(F)ccc(C(F)S)c1F. The van der Waals surface area contributed by atoms with Crippen LogP contribution in [0.2, 0.25) is 0 Å². The van der Waals surface area contributed by atoms with Crippen molar-refractivity contribution in [3.05, 3.63) is 34.9 Å². The molecule has 12 heavy (non-hydrogen) atoms. The first kappa shape index (κ1) is 9.45. The lowest BCUT2D eigenvalue weighted by molar-refractivity contribution is 0.447. The Hall–Kier alpha value is -0.640. The summed E-state index contributed by atoms with van der Waals surface area (Å²) in [5.74, 6) is -1.54. The summed E-state index contributed by atoms with van der Waals surface area (Å²) in [4.78, 5) is 0. The molecule has 0 fully saturated rings. The average molecular weight is 192 g/mol. The molecule has 0 aromatic heterocycles. The Bertz CT molecular complexity index is 297. The molecule has 66 valence electrons. The van der Waals surface area contributed by atoms with E-state index in [-0.39, 0.29) is 11.1 Å². The third kappa shape index (κ3) is 1.58. The maximum Gasteiger partial charge on any atom is 0.171 e. The predicted molar refractivity (Wildman–Crippen MR) is 43.9 cm³/mol. The summed E-state index contributed by atoms with van der Waals surface area (Å²) < 4.78 is 38.1. The van der Waals surface area contributed by atoms with Crippen molar-refractivity contribution in [1.29, 1.82) is 0 Å². The van der Waals surface area contributed by atoms with E-state index in [9.17, 15) is 13.2 Å². The van der Waals surface area contributed by atoms with Crippen LogP contribution >= 0.6 is 12.6 Å². The molecule has 0 amide bonds. The topological polar surface area (TPSA) is 0 Å². The van der Waals surface area contributed by atoms with E-state index in [4.69, 9.17) is 0 Å². The molecule has 4 heteroatoms. The van der Waals surface area contributed by atoms with Crippen molar-refractivity contribution in [2.45, 2.75) is 12.4 Å². The van der Waals surface area contributed by atoms with Crippen molar-refractivity contribution in [3.8, 4) is 0 Å². The van der Waals surface area contributed by atoms with Gasteiger partial charge in [0.1, 0.15) is 11.6 Å². The van der Waals surface area contributed by atoms with Crippen LogP contribution in [0.4, 0.5) is 13.2 Å². The van der Waals surface area contributed by atoms with Crippen LogP contribution in [0.1, 0.15) is 16.6 Å². The van der Waals surface area contributed by atoms with E-state index < -0.39 is 17.1 Å². The number of rotatable bonds is 1. The number of alkyl halides is 1. The molecular formula is C8H7F3S. The van der Waals surface area contributed by atoms with Gasteiger partial charge in [0.15, 0.2) is 5.50 Å². The molecule has 1 unspecified atom stereocenters. The Balaban J connectivity index is 3.27. The van der Waals surface area contributed by atoms with Crippen molar-refractivity contribution < 1.29 is 13.2 Å². The Kier molecular flexibility index (Phi) is 2.67. The molecular weight excluding hydrogens is 185 g/mol. The van der Waals surface area contributed by atoms with E-state index in [1.807, 2.05) is 0 Å². The van der Waals surface area contributed by atoms with E-state index in [0.717, 1.165) is 12.1 Å². The van der Waals surface area contributed by atoms with Crippen LogP contribution in [0.15, 0.2) is 12.1 Å². The van der Waals surface area contributed by atoms with Gasteiger partial charge in [-0.1, -0.05) is 0 Å². The van der Waals surface area contributed by atoms with Gasteiger partial charge in [0.2, 0.25) is 0 Å². The van der Waals surface area contributed by atoms with Gasteiger partial charge in [-0.2, -0.15) is 0 Å². The van der Waals surface area contributed by atoms with E-state index in [1.165, 1.54) is 6.92 Å². The minimum Gasteiger partial charge on any atom is -0.230 e. The summed E-state index contributed by atoms with van der Waals surface area (Å²) in [5, 5.41) is 0. The molecule has 0 heterocycles. The smallest absolute Gasteiger partial charge is 0.171 e. The second-order valence-corrected chi connectivity index (χ2v) is 2.86. The molecule has 0 saturated carbocycles. The third-order valence-corrected chi connectivity index (χ3v) is 1.88. The van der Waals surface area contributed by atoms with Gasteiger partial charge in [0, 0.05) is 11.1 Å². The maximum atomic E-state index is 13.0. The van der Waals surface area contributed by atoms with Gasteiger partial charge in [-0.15, -0.1) is 12.6 Å². The molecule has 0 aliphatic heterocycles. The van der Waals surface area contributed by atoms with E-state index >= 15 is 0 Å². The Morgan fingerprint density at radius 1 is 1.33 bits per heavy atom. The summed E-state index contributed by atoms with van der Waals surface area (Å²) in [5.41, 5.74) is -2.11. The van der Waals surface area contributed by atoms with Crippen molar-refractivity contribution in [1.82, 2.24) is 0 Å². The molecule has 0 N–H and O–H groups in total. The predicted octanol–water partition coefficient (Wildman–Crippen LogP) is 3.17. The minimum absolute atomic E-state index is 0.177. The Morgan fingerprint density at radius 2 is 1.92 bits per heavy atom. The van der Waals surface area contributed by atoms with Gasteiger partial charge in [-0.25, -0.2) is 13.2 Å². The first-order valence-electron chi connectivity index (χ1n) is 3.30. The molecule has 1 aromatic rings. The normalized spacial score (nSPS) is 13.1. The maximum absolute atomic E-state index is 13.0. The fraction of sp³-hybridized carbons (Fsp3) is 0.250. The zero-order valence-corrected chi connectivity index (χ0v) is 7.21. The average Bonchev–Trinajstić information content (AvgIpc) is 2.00. The highest BCUT2D eigenvalue weighted by molar-refractivity contribution is 7.80. The number of halogens is 3. The van der Waals surface area contributed by atoms with Gasteiger partial charge < -0.3 is 0 Å². The van der Waals surface area contributed by atoms with Crippen molar-refractivity contribution in [2.75, 3.05) is 0 Å². The van der Waals surface area contributed by atoms with Crippen molar-refractivity contribution >= 4 is 12.6 Å². The summed E-state index contributed by atoms with van der Waals surface area (Å²) in [6.07, 6.45) is 0. The lowest BCUT2D eigenvalue weighted by Gasteiger charge is -2.05. The molecule has 0 spiro atoms. The van der Waals surface area contributed by atoms with Crippen LogP contribution in [0, 0.1) is 18.6 Å². The molecule has 0 bridgehead atoms. The summed E-state index contributed by atoms with van der Waals surface area (Å²) in [6.45, 7) is 1.25. The van der Waals surface area contributed by atoms with Gasteiger partial charge in [0.05, 0.1) is 0 Å². The molecule has 1 rings (SSSR count). The van der Waals surface area contributed by atoms with E-state index in [2.05, 4.69) is 12.6 Å². The second kappa shape index (κ2) is 3.39. The fourth-order valence-electron chi connectivity index (χ4n) is 0.866. The zero-order valence-electron chi connectivity index (χ0n) is 6.31. The van der Waals surface area contributed by atoms with Crippen LogP contribution in [0.25, 0.3) is 0 Å². The Morgan fingerprint density at radius 3 is 2.42 bits per heavy atom. The fourth-order valence-corrected chi connectivity index (χ4v) is 1.07. The second-order valence-electron chi connectivity index (χ2n) is 2.41. The quantitative estimate of drug-likeness (QED) is 0.649. The van der Waals surface area contributed by atoms with Crippen LogP contribution in [-0.4, -0.2) is 0 Å². The highest BCUT2D eigenvalue weighted by Gasteiger charge is 2.14. The third-order valence-electron chi connectivity index (χ3n) is 1.61. The molecule has 0 nitrogen and oxygen atoms in total. The highest BCUT2D eigenvalue weighted by atomic mass is 32.1. The number of hydrogen-bond acceptors (Lipinski definition) is 1. The van der Waals surface area contributed by atoms with Crippen molar-refractivity contribution in [2.24, 2.45) is 0 Å². The van der Waals surface area contributed by atoms with Crippen LogP contribution in [0.3, 0.4) is 0 Å². The van der Waals surface area contributed by atoms with Gasteiger partial charge >= 0.3 is 0 Å². The van der Waals surface area contributed by atoms with Gasteiger partial charge in [-0.3, -0.25) is 0 Å². The number of benzene rings is 1. The molecule has 1 aromatic carbocycles. The molecule has 0 aliphatic carbocycles. The van der Waals surface area contributed by atoms with Crippen LogP contribution < -0.4 is 0 Å². The Labute approximate surface area is 73.8 Å². The monoisotopic (exact) mass is 192 g/mol. The van der Waals surface area contributed by atoms with E-state index in [0.29, 0.717) is 0 Å². The number of hydrogen-bond donors (Lipinski definition) is 1. The largest absolute Gasteiger partial charge is 0.230 e. The number of thiol groups is 1. The van der Waals surface area contributed by atoms with Crippen LogP contribution in [0.5, 0.6) is 0 Å². The summed E-state index contributed by atoms with van der Waals surface area (Å²) >= 11 is 3.41. The standard InChI is InChI=1S/C8H7F3S/c1-4-6(9)3-2-5(7(4)10)8(11)12/h2-3,8,12H,1H3. The zero-order chi connectivity index (χ0) is 9.30. The molecule has 0 saturated heterocycles. The minimum atomic E-state index is -1.70. The van der Waals surface area contributed by atoms with Crippen LogP contribution in [-0.2, 0) is 0 Å².